The van der Waals surface area contributed by atoms with Crippen molar-refractivity contribution in [3.05, 3.63) is 29.0 Å². The lowest BCUT2D eigenvalue weighted by molar-refractivity contribution is -0.123. The summed E-state index contributed by atoms with van der Waals surface area (Å²) >= 11 is 5.72. The topological polar surface area (TPSA) is 64.7 Å². The lowest BCUT2D eigenvalue weighted by atomic mass is 10.1. The summed E-state index contributed by atoms with van der Waals surface area (Å²) in [7, 11) is 0. The second-order valence-corrected chi connectivity index (χ2v) is 8.31. The number of hydrogen-bond acceptors (Lipinski definition) is 4. The number of nitrogens with zero attached hydrogens (tertiary/aromatic N) is 2. The largest absolute Gasteiger partial charge is 0.350 e. The number of rotatable bonds is 5. The van der Waals surface area contributed by atoms with Crippen LogP contribution in [0.5, 0.6) is 0 Å². The summed E-state index contributed by atoms with van der Waals surface area (Å²) in [5.41, 5.74) is -0.121. The molecule has 0 aromatic heterocycles. The van der Waals surface area contributed by atoms with Crippen molar-refractivity contribution in [2.45, 2.75) is 32.7 Å². The zero-order chi connectivity index (χ0) is 20.0. The predicted molar refractivity (Wildman–Crippen MR) is 105 cm³/mol. The maximum Gasteiger partial charge on any atom is 0.238 e. The molecule has 0 saturated carbocycles. The van der Waals surface area contributed by atoms with Crippen molar-refractivity contribution in [3.8, 4) is 0 Å². The maximum atomic E-state index is 13.8. The third-order valence-corrected chi connectivity index (χ3v) is 4.37. The minimum atomic E-state index is -0.553. The highest BCUT2D eigenvalue weighted by Crippen LogP contribution is 2.18. The standard InChI is InChI=1S/C19H28ClFN4O2/c1-19(2,3)23-18(27)13-25-8-4-7-24(9-10-25)12-17(26)22-16-6-5-14(20)11-15(16)21/h5-6,11H,4,7-10,12-13H2,1-3H3,(H,22,26)(H,23,27). The highest BCUT2D eigenvalue weighted by Gasteiger charge is 2.21. The number of amides is 2. The molecule has 0 unspecified atom stereocenters. The number of hydrogen-bond donors (Lipinski definition) is 2. The monoisotopic (exact) mass is 398 g/mol. The van der Waals surface area contributed by atoms with E-state index in [-0.39, 0.29) is 34.6 Å². The molecule has 1 aromatic rings. The van der Waals surface area contributed by atoms with E-state index in [1.54, 1.807) is 0 Å². The fraction of sp³-hybridized carbons (Fsp3) is 0.579. The van der Waals surface area contributed by atoms with Gasteiger partial charge in [-0.15, -0.1) is 0 Å². The quantitative estimate of drug-likeness (QED) is 0.799. The van der Waals surface area contributed by atoms with Gasteiger partial charge in [0.05, 0.1) is 18.8 Å². The molecular formula is C19H28ClFN4O2. The Hall–Kier alpha value is -1.70. The van der Waals surface area contributed by atoms with E-state index in [2.05, 4.69) is 15.5 Å². The van der Waals surface area contributed by atoms with Gasteiger partial charge in [-0.3, -0.25) is 19.4 Å². The minimum Gasteiger partial charge on any atom is -0.350 e. The second kappa shape index (κ2) is 9.48. The molecule has 0 aliphatic carbocycles. The molecule has 8 heteroatoms. The third kappa shape index (κ3) is 7.82. The van der Waals surface area contributed by atoms with E-state index in [0.717, 1.165) is 19.5 Å². The smallest absolute Gasteiger partial charge is 0.238 e. The number of benzene rings is 1. The van der Waals surface area contributed by atoms with E-state index in [0.29, 0.717) is 19.6 Å². The van der Waals surface area contributed by atoms with E-state index in [1.165, 1.54) is 18.2 Å². The Morgan fingerprint density at radius 3 is 2.22 bits per heavy atom. The Balaban J connectivity index is 1.80. The van der Waals surface area contributed by atoms with E-state index < -0.39 is 5.82 Å². The molecule has 1 aliphatic rings. The van der Waals surface area contributed by atoms with E-state index in [4.69, 9.17) is 11.6 Å². The van der Waals surface area contributed by atoms with Gasteiger partial charge in [-0.2, -0.15) is 0 Å². The average molecular weight is 399 g/mol. The Morgan fingerprint density at radius 2 is 1.67 bits per heavy atom. The van der Waals surface area contributed by atoms with Crippen LogP contribution in [0.4, 0.5) is 10.1 Å². The first-order valence-electron chi connectivity index (χ1n) is 9.13. The molecular weight excluding hydrogens is 371 g/mol. The van der Waals surface area contributed by atoms with Gasteiger partial charge in [0.2, 0.25) is 11.8 Å². The van der Waals surface area contributed by atoms with Crippen molar-refractivity contribution in [2.24, 2.45) is 0 Å². The molecule has 2 amide bonds. The predicted octanol–water partition coefficient (Wildman–Crippen LogP) is 2.34. The zero-order valence-corrected chi connectivity index (χ0v) is 16.9. The Bertz CT molecular complexity index is 678. The average Bonchev–Trinajstić information content (AvgIpc) is 2.73. The van der Waals surface area contributed by atoms with Crippen molar-refractivity contribution in [3.63, 3.8) is 0 Å². The van der Waals surface area contributed by atoms with Crippen LogP contribution in [0.3, 0.4) is 0 Å². The first-order chi connectivity index (χ1) is 12.6. The fourth-order valence-corrected chi connectivity index (χ4v) is 3.14. The summed E-state index contributed by atoms with van der Waals surface area (Å²) < 4.78 is 13.8. The highest BCUT2D eigenvalue weighted by atomic mass is 35.5. The van der Waals surface area contributed by atoms with Crippen molar-refractivity contribution < 1.29 is 14.0 Å². The molecule has 1 aliphatic heterocycles. The lowest BCUT2D eigenvalue weighted by Crippen LogP contribution is -2.46. The number of carbonyl (C=O) groups is 2. The first kappa shape index (κ1) is 21.6. The summed E-state index contributed by atoms with van der Waals surface area (Å²) in [6.45, 7) is 9.36. The molecule has 0 bridgehead atoms. The van der Waals surface area contributed by atoms with Crippen molar-refractivity contribution in [1.29, 1.82) is 0 Å². The van der Waals surface area contributed by atoms with E-state index in [1.807, 2.05) is 25.7 Å². The maximum absolute atomic E-state index is 13.8. The van der Waals surface area contributed by atoms with Crippen LogP contribution in [0.15, 0.2) is 18.2 Å². The van der Waals surface area contributed by atoms with Crippen LogP contribution in [0.2, 0.25) is 5.02 Å². The van der Waals surface area contributed by atoms with E-state index in [9.17, 15) is 14.0 Å². The van der Waals surface area contributed by atoms with Crippen LogP contribution in [0.1, 0.15) is 27.2 Å². The zero-order valence-electron chi connectivity index (χ0n) is 16.1. The van der Waals surface area contributed by atoms with Gasteiger partial charge in [0.1, 0.15) is 5.82 Å². The molecule has 0 atom stereocenters. The van der Waals surface area contributed by atoms with Crippen molar-refractivity contribution in [2.75, 3.05) is 44.6 Å². The summed E-state index contributed by atoms with van der Waals surface area (Å²) in [4.78, 5) is 28.4. The summed E-state index contributed by atoms with van der Waals surface area (Å²) in [5.74, 6) is -0.815. The molecule has 1 saturated heterocycles. The van der Waals surface area contributed by atoms with Crippen LogP contribution >= 0.6 is 11.6 Å². The Kier molecular flexibility index (Phi) is 7.59. The lowest BCUT2D eigenvalue weighted by Gasteiger charge is -2.25. The molecule has 150 valence electrons. The second-order valence-electron chi connectivity index (χ2n) is 7.88. The molecule has 1 aromatic carbocycles. The summed E-state index contributed by atoms with van der Waals surface area (Å²) in [5, 5.41) is 5.83. The number of nitrogens with one attached hydrogen (secondary N) is 2. The third-order valence-electron chi connectivity index (χ3n) is 4.14. The van der Waals surface area contributed by atoms with Crippen LogP contribution in [-0.2, 0) is 9.59 Å². The summed E-state index contributed by atoms with van der Waals surface area (Å²) in [6, 6.07) is 4.16. The molecule has 6 nitrogen and oxygen atoms in total. The van der Waals surface area contributed by atoms with Crippen LogP contribution in [0, 0.1) is 5.82 Å². The van der Waals surface area contributed by atoms with Crippen LogP contribution < -0.4 is 10.6 Å². The SMILES string of the molecule is CC(C)(C)NC(=O)CN1CCCN(CC(=O)Nc2ccc(Cl)cc2F)CC1. The Morgan fingerprint density at radius 1 is 1.07 bits per heavy atom. The minimum absolute atomic E-state index is 0.00640. The molecule has 1 heterocycles. The van der Waals surface area contributed by atoms with Gasteiger partial charge in [-0.25, -0.2) is 4.39 Å². The molecule has 2 N–H and O–H groups in total. The van der Waals surface area contributed by atoms with Gasteiger partial charge in [0, 0.05) is 23.7 Å². The molecule has 0 spiro atoms. The fourth-order valence-electron chi connectivity index (χ4n) is 2.99. The Labute approximate surface area is 165 Å². The van der Waals surface area contributed by atoms with Crippen LogP contribution in [-0.4, -0.2) is 66.4 Å². The van der Waals surface area contributed by atoms with Gasteiger partial charge in [-0.1, -0.05) is 11.6 Å². The van der Waals surface area contributed by atoms with Crippen LogP contribution in [0.25, 0.3) is 0 Å². The normalized spacial score (nSPS) is 16.6. The van der Waals surface area contributed by atoms with Gasteiger partial charge in [0.25, 0.3) is 0 Å². The number of carbonyl (C=O) groups excluding carboxylic acids is 2. The molecule has 2 rings (SSSR count). The number of anilines is 1. The van der Waals surface area contributed by atoms with Gasteiger partial charge < -0.3 is 10.6 Å². The molecule has 0 radical (unpaired) electrons. The summed E-state index contributed by atoms with van der Waals surface area (Å²) in [6.07, 6.45) is 0.866. The van der Waals surface area contributed by atoms with Crippen molar-refractivity contribution in [1.82, 2.24) is 15.1 Å². The first-order valence-corrected chi connectivity index (χ1v) is 9.51. The molecule has 1 fully saturated rings. The van der Waals surface area contributed by atoms with Gasteiger partial charge in [-0.05, 0) is 58.5 Å². The van der Waals surface area contributed by atoms with E-state index >= 15 is 0 Å². The van der Waals surface area contributed by atoms with Gasteiger partial charge in [0.15, 0.2) is 0 Å². The van der Waals surface area contributed by atoms with Gasteiger partial charge >= 0.3 is 0 Å². The van der Waals surface area contributed by atoms with Crippen molar-refractivity contribution >= 4 is 29.1 Å². The highest BCUT2D eigenvalue weighted by molar-refractivity contribution is 6.30. The number of halogens is 2. The molecule has 27 heavy (non-hydrogen) atoms.